The molecular weight excluding hydrogens is 512 g/mol. The van der Waals surface area contributed by atoms with Crippen LogP contribution in [0.4, 0.5) is 10.5 Å². The summed E-state index contributed by atoms with van der Waals surface area (Å²) in [7, 11) is 0. The monoisotopic (exact) mass is 532 g/mol. The molecule has 4 aromatic rings. The van der Waals surface area contributed by atoms with Gasteiger partial charge in [0.25, 0.3) is 0 Å². The van der Waals surface area contributed by atoms with Crippen molar-refractivity contribution in [3.63, 3.8) is 0 Å². The summed E-state index contributed by atoms with van der Waals surface area (Å²) in [6.45, 7) is 1.66. The molecule has 0 saturated carbocycles. The molecule has 0 aliphatic rings. The second-order valence-electron chi connectivity index (χ2n) is 8.06. The van der Waals surface area contributed by atoms with Crippen molar-refractivity contribution in [1.82, 2.24) is 10.1 Å². The van der Waals surface area contributed by atoms with Crippen LogP contribution in [0.3, 0.4) is 0 Å². The summed E-state index contributed by atoms with van der Waals surface area (Å²) in [6, 6.07) is 20.9. The van der Waals surface area contributed by atoms with Gasteiger partial charge in [-0.2, -0.15) is 5.26 Å². The van der Waals surface area contributed by atoms with Crippen LogP contribution in [0.15, 0.2) is 77.4 Å². The topological polar surface area (TPSA) is 148 Å². The number of carboxylic acid groups (broad SMARTS) is 1. The Kier molecular flexibility index (Phi) is 8.20. The number of nitriles is 1. The maximum absolute atomic E-state index is 12.6. The number of carboxylic acids is 1. The number of amides is 1. The van der Waals surface area contributed by atoms with Gasteiger partial charge in [-0.15, -0.1) is 0 Å². The number of nitrogens with one attached hydrogen (secondary N) is 1. The largest absolute Gasteiger partial charge is 0.478 e. The van der Waals surface area contributed by atoms with Gasteiger partial charge < -0.3 is 19.1 Å². The number of ether oxygens (including phenoxy) is 2. The highest BCUT2D eigenvalue weighted by Gasteiger charge is 2.24. The molecule has 10 nitrogen and oxygen atoms in total. The van der Waals surface area contributed by atoms with Gasteiger partial charge in [0.2, 0.25) is 17.7 Å². The highest BCUT2D eigenvalue weighted by molar-refractivity contribution is 6.31. The Labute approximate surface area is 222 Å². The molecule has 2 aromatic carbocycles. The molecule has 0 fully saturated rings. The molecule has 0 aliphatic heterocycles. The van der Waals surface area contributed by atoms with E-state index in [4.69, 9.17) is 25.6 Å². The first-order valence-corrected chi connectivity index (χ1v) is 11.7. The lowest BCUT2D eigenvalue weighted by molar-refractivity contribution is -0.145. The minimum absolute atomic E-state index is 0.00758. The number of rotatable bonds is 9. The molecule has 2 aromatic heterocycles. The third-order valence-corrected chi connectivity index (χ3v) is 5.80. The molecule has 0 spiro atoms. The van der Waals surface area contributed by atoms with E-state index in [9.17, 15) is 20.0 Å². The van der Waals surface area contributed by atoms with E-state index in [1.807, 2.05) is 24.3 Å². The third-order valence-electron chi connectivity index (χ3n) is 5.45. The number of hydrogen-bond acceptors (Lipinski definition) is 8. The minimum atomic E-state index is -1.15. The van der Waals surface area contributed by atoms with Gasteiger partial charge in [-0.25, -0.2) is 14.6 Å². The molecule has 11 heteroatoms. The maximum Gasteiger partial charge on any atom is 0.412 e. The van der Waals surface area contributed by atoms with Crippen molar-refractivity contribution in [3.05, 3.63) is 94.8 Å². The lowest BCUT2D eigenvalue weighted by Gasteiger charge is -2.15. The molecule has 38 heavy (non-hydrogen) atoms. The van der Waals surface area contributed by atoms with Crippen LogP contribution in [0, 0.1) is 11.3 Å². The number of carbonyl (C=O) groups excluding carboxylic acids is 1. The molecule has 0 bridgehead atoms. The van der Waals surface area contributed by atoms with Crippen molar-refractivity contribution in [2.45, 2.75) is 25.6 Å². The number of aliphatic carboxylic acids is 1. The van der Waals surface area contributed by atoms with Crippen molar-refractivity contribution < 1.29 is 28.7 Å². The fraction of sp³-hybridized carbons (Fsp3) is 0.148. The number of benzene rings is 2. The van der Waals surface area contributed by atoms with Crippen LogP contribution < -0.4 is 10.1 Å². The molecule has 2 unspecified atom stereocenters. The molecule has 192 valence electrons. The van der Waals surface area contributed by atoms with Crippen molar-refractivity contribution in [2.75, 3.05) is 5.32 Å². The van der Waals surface area contributed by atoms with Crippen LogP contribution in [0.2, 0.25) is 5.02 Å². The maximum atomic E-state index is 12.6. The Morgan fingerprint density at radius 2 is 1.87 bits per heavy atom. The second-order valence-corrected chi connectivity index (χ2v) is 8.47. The fourth-order valence-electron chi connectivity index (χ4n) is 3.58. The quantitative estimate of drug-likeness (QED) is 0.279. The second kappa shape index (κ2) is 11.9. The molecule has 0 saturated heterocycles. The van der Waals surface area contributed by atoms with Gasteiger partial charge in [0, 0.05) is 34.8 Å². The van der Waals surface area contributed by atoms with Gasteiger partial charge in [0.1, 0.15) is 17.9 Å². The Bertz CT molecular complexity index is 1470. The predicted molar refractivity (Wildman–Crippen MR) is 137 cm³/mol. The van der Waals surface area contributed by atoms with Crippen molar-refractivity contribution in [2.24, 2.45) is 0 Å². The lowest BCUT2D eigenvalue weighted by atomic mass is 10.1. The van der Waals surface area contributed by atoms with Crippen LogP contribution in [-0.2, 0) is 16.0 Å². The molecule has 0 aliphatic carbocycles. The Morgan fingerprint density at radius 1 is 1.13 bits per heavy atom. The average molecular weight is 533 g/mol. The van der Waals surface area contributed by atoms with Gasteiger partial charge in [0.05, 0.1) is 0 Å². The smallest absolute Gasteiger partial charge is 0.412 e. The Morgan fingerprint density at radius 3 is 2.53 bits per heavy atom. The van der Waals surface area contributed by atoms with E-state index in [2.05, 4.69) is 15.5 Å². The van der Waals surface area contributed by atoms with Crippen molar-refractivity contribution in [1.29, 1.82) is 5.26 Å². The SMILES string of the molecule is CC(OC(=O)Nc1c(C#N)noc1-c1ccc(OC(Cc2ccccc2)C(=O)O)nc1)c1ccccc1Cl. The minimum Gasteiger partial charge on any atom is -0.478 e. The van der Waals surface area contributed by atoms with E-state index in [1.54, 1.807) is 43.3 Å². The summed E-state index contributed by atoms with van der Waals surface area (Å²) in [5.41, 5.74) is 1.59. The first-order valence-electron chi connectivity index (χ1n) is 11.4. The first kappa shape index (κ1) is 26.2. The summed E-state index contributed by atoms with van der Waals surface area (Å²) in [4.78, 5) is 28.5. The zero-order valence-corrected chi connectivity index (χ0v) is 20.8. The van der Waals surface area contributed by atoms with Gasteiger partial charge in [-0.3, -0.25) is 5.32 Å². The van der Waals surface area contributed by atoms with E-state index < -0.39 is 24.3 Å². The first-order chi connectivity index (χ1) is 18.4. The summed E-state index contributed by atoms with van der Waals surface area (Å²) >= 11 is 6.17. The number of pyridine rings is 1. The standard InChI is InChI=1S/C27H21ClN4O6/c1-16(19-9-5-6-10-20(19)28)36-27(35)31-24-21(14-29)32-38-25(24)18-11-12-23(30-15-18)37-22(26(33)34)13-17-7-3-2-4-8-17/h2-12,15-16,22H,13H2,1H3,(H,31,35)(H,33,34). The van der Waals surface area contributed by atoms with Crippen molar-refractivity contribution >= 4 is 29.4 Å². The average Bonchev–Trinajstić information content (AvgIpc) is 3.31. The van der Waals surface area contributed by atoms with Crippen LogP contribution in [0.5, 0.6) is 5.88 Å². The zero-order chi connectivity index (χ0) is 27.1. The molecule has 4 rings (SSSR count). The molecule has 1 amide bonds. The number of anilines is 1. The molecular formula is C27H21ClN4O6. The van der Waals surface area contributed by atoms with E-state index in [0.717, 1.165) is 5.56 Å². The number of aromatic nitrogens is 2. The van der Waals surface area contributed by atoms with Crippen molar-refractivity contribution in [3.8, 4) is 23.3 Å². The molecule has 2 N–H and O–H groups in total. The van der Waals surface area contributed by atoms with Crippen LogP contribution >= 0.6 is 11.6 Å². The zero-order valence-electron chi connectivity index (χ0n) is 20.0. The lowest BCUT2D eigenvalue weighted by Crippen LogP contribution is -2.29. The molecule has 0 radical (unpaired) electrons. The summed E-state index contributed by atoms with van der Waals surface area (Å²) in [5, 5.41) is 25.6. The normalized spacial score (nSPS) is 12.1. The van der Waals surface area contributed by atoms with E-state index in [-0.39, 0.29) is 29.4 Å². The highest BCUT2D eigenvalue weighted by Crippen LogP contribution is 2.32. The van der Waals surface area contributed by atoms with Gasteiger partial charge in [-0.05, 0) is 24.6 Å². The van der Waals surface area contributed by atoms with Gasteiger partial charge in [0.15, 0.2) is 5.76 Å². The number of nitrogens with zero attached hydrogens (tertiary/aromatic N) is 3. The van der Waals surface area contributed by atoms with E-state index >= 15 is 0 Å². The molecule has 2 atom stereocenters. The molecule has 2 heterocycles. The summed E-state index contributed by atoms with van der Waals surface area (Å²) in [6.07, 6.45) is -1.18. The van der Waals surface area contributed by atoms with E-state index in [0.29, 0.717) is 16.1 Å². The van der Waals surface area contributed by atoms with Crippen LogP contribution in [0.25, 0.3) is 11.3 Å². The highest BCUT2D eigenvalue weighted by atomic mass is 35.5. The number of hydrogen-bond donors (Lipinski definition) is 2. The van der Waals surface area contributed by atoms with Gasteiger partial charge >= 0.3 is 12.1 Å². The van der Waals surface area contributed by atoms with E-state index in [1.165, 1.54) is 18.3 Å². The summed E-state index contributed by atoms with van der Waals surface area (Å²) < 4.78 is 16.3. The fourth-order valence-corrected chi connectivity index (χ4v) is 3.87. The number of carbonyl (C=O) groups is 2. The Hall–Kier alpha value is -4.88. The Balaban J connectivity index is 1.48. The predicted octanol–water partition coefficient (Wildman–Crippen LogP) is 5.65. The summed E-state index contributed by atoms with van der Waals surface area (Å²) in [5.74, 6) is -1.01. The van der Waals surface area contributed by atoms with Crippen LogP contribution in [0.1, 0.15) is 29.8 Å². The van der Waals surface area contributed by atoms with Crippen LogP contribution in [-0.4, -0.2) is 33.4 Å². The number of halogens is 1. The van der Waals surface area contributed by atoms with Gasteiger partial charge in [-0.1, -0.05) is 65.3 Å². The third kappa shape index (κ3) is 6.27.